The number of nitrogens with two attached hydrogens (primary N) is 1. The van der Waals surface area contributed by atoms with Crippen molar-refractivity contribution in [2.45, 2.75) is 64.8 Å². The van der Waals surface area contributed by atoms with E-state index in [2.05, 4.69) is 13.8 Å². The molecule has 0 heterocycles. The van der Waals surface area contributed by atoms with Crippen LogP contribution in [-0.2, 0) is 0 Å². The van der Waals surface area contributed by atoms with Gasteiger partial charge in [0.05, 0.1) is 0 Å². The van der Waals surface area contributed by atoms with E-state index in [1.165, 1.54) is 38.5 Å². The van der Waals surface area contributed by atoms with Crippen LogP contribution in [0.4, 0.5) is 0 Å². The van der Waals surface area contributed by atoms with Crippen molar-refractivity contribution in [1.82, 2.24) is 0 Å². The molecule has 17 heavy (non-hydrogen) atoms. The Morgan fingerprint density at radius 1 is 1.00 bits per heavy atom. The molecule has 0 aromatic heterocycles. The van der Waals surface area contributed by atoms with Crippen LogP contribution in [0.5, 0.6) is 0 Å². The summed E-state index contributed by atoms with van der Waals surface area (Å²) in [5, 5.41) is 0. The summed E-state index contributed by atoms with van der Waals surface area (Å²) < 4.78 is 0. The topological polar surface area (TPSA) is 26.0 Å². The molecular weight excluding hydrogens is 206 g/mol. The van der Waals surface area contributed by atoms with Crippen molar-refractivity contribution in [2.75, 3.05) is 0 Å². The molecule has 0 spiro atoms. The van der Waals surface area contributed by atoms with Gasteiger partial charge in [0, 0.05) is 6.04 Å². The third-order valence-electron chi connectivity index (χ3n) is 6.17. The lowest BCUT2D eigenvalue weighted by molar-refractivity contribution is -0.0491. The fraction of sp³-hybridized carbons (Fsp3) is 1.00. The van der Waals surface area contributed by atoms with Crippen LogP contribution in [0.3, 0.4) is 0 Å². The van der Waals surface area contributed by atoms with Gasteiger partial charge in [0.25, 0.3) is 0 Å². The van der Waals surface area contributed by atoms with Gasteiger partial charge in [0.1, 0.15) is 0 Å². The molecule has 4 bridgehead atoms. The van der Waals surface area contributed by atoms with Crippen LogP contribution < -0.4 is 5.73 Å². The summed E-state index contributed by atoms with van der Waals surface area (Å²) >= 11 is 0. The van der Waals surface area contributed by atoms with Crippen molar-refractivity contribution < 1.29 is 0 Å². The first-order valence-corrected chi connectivity index (χ1v) is 7.93. The molecule has 98 valence electrons. The van der Waals surface area contributed by atoms with Crippen molar-refractivity contribution in [1.29, 1.82) is 0 Å². The molecule has 0 amide bonds. The van der Waals surface area contributed by atoms with Crippen LogP contribution in [0.25, 0.3) is 0 Å². The summed E-state index contributed by atoms with van der Waals surface area (Å²) in [5.74, 6) is 5.89. The standard InChI is InChI=1S/C16H29N/c1-3-10(2)4-15(17)16-13-6-11-5-12(8-13)9-14(16)7-11/h10-16H,3-9,17H2,1-2H3. The zero-order chi connectivity index (χ0) is 12.0. The highest BCUT2D eigenvalue weighted by atomic mass is 14.7. The van der Waals surface area contributed by atoms with Gasteiger partial charge in [0.2, 0.25) is 0 Å². The lowest BCUT2D eigenvalue weighted by Crippen LogP contribution is -2.52. The van der Waals surface area contributed by atoms with Gasteiger partial charge in [-0.2, -0.15) is 0 Å². The first kappa shape index (κ1) is 12.0. The molecule has 4 aliphatic rings. The second kappa shape index (κ2) is 4.57. The van der Waals surface area contributed by atoms with E-state index < -0.39 is 0 Å². The molecule has 0 saturated heterocycles. The highest BCUT2D eigenvalue weighted by molar-refractivity contribution is 5.01. The average Bonchev–Trinajstić information content (AvgIpc) is 2.27. The van der Waals surface area contributed by atoms with Crippen molar-refractivity contribution >= 4 is 0 Å². The largest absolute Gasteiger partial charge is 0.327 e. The monoisotopic (exact) mass is 235 g/mol. The summed E-state index contributed by atoms with van der Waals surface area (Å²) in [5.41, 5.74) is 6.58. The van der Waals surface area contributed by atoms with Crippen LogP contribution in [0.2, 0.25) is 0 Å². The van der Waals surface area contributed by atoms with Crippen LogP contribution in [-0.4, -0.2) is 6.04 Å². The molecule has 4 saturated carbocycles. The van der Waals surface area contributed by atoms with Gasteiger partial charge in [0.15, 0.2) is 0 Å². The van der Waals surface area contributed by atoms with E-state index >= 15 is 0 Å². The van der Waals surface area contributed by atoms with Crippen LogP contribution in [0, 0.1) is 35.5 Å². The Balaban J connectivity index is 1.67. The molecule has 2 atom stereocenters. The van der Waals surface area contributed by atoms with Crippen molar-refractivity contribution in [2.24, 2.45) is 41.2 Å². The first-order valence-electron chi connectivity index (χ1n) is 7.93. The maximum Gasteiger partial charge on any atom is 0.00749 e. The average molecular weight is 235 g/mol. The highest BCUT2D eigenvalue weighted by Gasteiger charge is 2.49. The zero-order valence-electron chi connectivity index (χ0n) is 11.6. The summed E-state index contributed by atoms with van der Waals surface area (Å²) in [6, 6.07) is 0.500. The zero-order valence-corrected chi connectivity index (χ0v) is 11.6. The molecule has 1 heteroatoms. The van der Waals surface area contributed by atoms with Crippen molar-refractivity contribution in [3.63, 3.8) is 0 Å². The maximum atomic E-state index is 6.58. The lowest BCUT2D eigenvalue weighted by atomic mass is 9.50. The van der Waals surface area contributed by atoms with Crippen molar-refractivity contribution in [3.8, 4) is 0 Å². The predicted octanol–water partition coefficient (Wildman–Crippen LogP) is 3.82. The minimum atomic E-state index is 0.500. The molecule has 0 radical (unpaired) electrons. The SMILES string of the molecule is CCC(C)CC(N)C1C2CC3CC(C2)CC1C3. The van der Waals surface area contributed by atoms with Crippen LogP contribution >= 0.6 is 0 Å². The second-order valence-corrected chi connectivity index (χ2v) is 7.42. The molecule has 4 aliphatic carbocycles. The molecule has 0 aromatic carbocycles. The Labute approximate surface area is 107 Å². The summed E-state index contributed by atoms with van der Waals surface area (Å²) in [6.45, 7) is 4.67. The molecule has 0 aromatic rings. The fourth-order valence-corrected chi connectivity index (χ4v) is 5.45. The van der Waals surface area contributed by atoms with E-state index in [1.807, 2.05) is 0 Å². The molecule has 1 nitrogen and oxygen atoms in total. The van der Waals surface area contributed by atoms with Gasteiger partial charge in [-0.15, -0.1) is 0 Å². The van der Waals surface area contributed by atoms with E-state index in [4.69, 9.17) is 5.73 Å². The predicted molar refractivity (Wildman–Crippen MR) is 72.6 cm³/mol. The van der Waals surface area contributed by atoms with E-state index in [0.29, 0.717) is 6.04 Å². The quantitative estimate of drug-likeness (QED) is 0.787. The highest BCUT2D eigenvalue weighted by Crippen LogP contribution is 2.57. The van der Waals surface area contributed by atoms with Crippen LogP contribution in [0.1, 0.15) is 58.8 Å². The van der Waals surface area contributed by atoms with E-state index in [1.54, 1.807) is 6.42 Å². The molecule has 4 rings (SSSR count). The fourth-order valence-electron chi connectivity index (χ4n) is 5.45. The third kappa shape index (κ3) is 2.16. The molecule has 2 N–H and O–H groups in total. The van der Waals surface area contributed by atoms with E-state index in [9.17, 15) is 0 Å². The lowest BCUT2D eigenvalue weighted by Gasteiger charge is -2.56. The Morgan fingerprint density at radius 3 is 2.00 bits per heavy atom. The number of hydrogen-bond acceptors (Lipinski definition) is 1. The second-order valence-electron chi connectivity index (χ2n) is 7.42. The maximum absolute atomic E-state index is 6.58. The first-order chi connectivity index (χ1) is 8.17. The number of rotatable bonds is 4. The number of hydrogen-bond donors (Lipinski definition) is 1. The van der Waals surface area contributed by atoms with Crippen molar-refractivity contribution in [3.05, 3.63) is 0 Å². The van der Waals surface area contributed by atoms with Gasteiger partial charge in [-0.1, -0.05) is 20.3 Å². The smallest absolute Gasteiger partial charge is 0.00749 e. The van der Waals surface area contributed by atoms with Gasteiger partial charge in [-0.3, -0.25) is 0 Å². The summed E-state index contributed by atoms with van der Waals surface area (Å²) in [6.07, 6.45) is 10.2. The van der Waals surface area contributed by atoms with Gasteiger partial charge >= 0.3 is 0 Å². The molecule has 4 fully saturated rings. The van der Waals surface area contributed by atoms with E-state index in [-0.39, 0.29) is 0 Å². The Morgan fingerprint density at radius 2 is 1.53 bits per heavy atom. The molecular formula is C16H29N. The van der Waals surface area contributed by atoms with Gasteiger partial charge in [-0.25, -0.2) is 0 Å². The van der Waals surface area contributed by atoms with Gasteiger partial charge < -0.3 is 5.73 Å². The van der Waals surface area contributed by atoms with Crippen LogP contribution in [0.15, 0.2) is 0 Å². The molecule has 0 aliphatic heterocycles. The minimum Gasteiger partial charge on any atom is -0.327 e. The van der Waals surface area contributed by atoms with E-state index in [0.717, 1.165) is 35.5 Å². The Kier molecular flexibility index (Phi) is 3.23. The summed E-state index contributed by atoms with van der Waals surface area (Å²) in [7, 11) is 0. The Hall–Kier alpha value is -0.0400. The molecule has 2 unspecified atom stereocenters. The third-order valence-corrected chi connectivity index (χ3v) is 6.17. The normalized spacial score (nSPS) is 47.1. The minimum absolute atomic E-state index is 0.500. The van der Waals surface area contributed by atoms with Gasteiger partial charge in [-0.05, 0) is 74.0 Å². The summed E-state index contributed by atoms with van der Waals surface area (Å²) in [4.78, 5) is 0. The Bertz CT molecular complexity index is 245.